The number of aromatic hydroxyl groups is 1. The van der Waals surface area contributed by atoms with Gasteiger partial charge in [0.15, 0.2) is 0 Å². The molecule has 0 atom stereocenters. The molecule has 3 aromatic rings. The molecule has 4 heteroatoms. The molecule has 0 aliphatic heterocycles. The van der Waals surface area contributed by atoms with E-state index in [4.69, 9.17) is 4.74 Å². The second kappa shape index (κ2) is 8.61. The van der Waals surface area contributed by atoms with Crippen molar-refractivity contribution in [1.29, 1.82) is 0 Å². The van der Waals surface area contributed by atoms with Gasteiger partial charge in [0.1, 0.15) is 11.5 Å². The third-order valence-corrected chi connectivity index (χ3v) is 4.80. The monoisotopic (exact) mass is 375 g/mol. The van der Waals surface area contributed by atoms with Gasteiger partial charge in [0.2, 0.25) is 5.91 Å². The second-order valence-corrected chi connectivity index (χ2v) is 6.92. The number of phenolic OH excluding ortho intramolecular Hbond substituents is 1. The molecular formula is C24H25NO3. The Labute approximate surface area is 166 Å². The normalized spacial score (nSPS) is 10.5. The molecule has 0 spiro atoms. The molecule has 3 rings (SSSR count). The number of nitrogens with zero attached hydrogens (tertiary/aromatic N) is 1. The van der Waals surface area contributed by atoms with Crippen LogP contribution in [0.5, 0.6) is 11.5 Å². The van der Waals surface area contributed by atoms with Crippen molar-refractivity contribution in [2.75, 3.05) is 21.2 Å². The van der Waals surface area contributed by atoms with E-state index < -0.39 is 0 Å². The number of aryl methyl sites for hydroxylation is 1. The molecular weight excluding hydrogens is 350 g/mol. The number of phenols is 1. The summed E-state index contributed by atoms with van der Waals surface area (Å²) in [6.45, 7) is 0. The van der Waals surface area contributed by atoms with Crippen LogP contribution < -0.4 is 4.74 Å². The van der Waals surface area contributed by atoms with E-state index in [0.717, 1.165) is 33.6 Å². The van der Waals surface area contributed by atoms with Gasteiger partial charge in [0.25, 0.3) is 0 Å². The minimum atomic E-state index is 0.114. The molecule has 1 N–H and O–H groups in total. The van der Waals surface area contributed by atoms with Crippen molar-refractivity contribution in [3.8, 4) is 33.8 Å². The molecule has 0 radical (unpaired) electrons. The van der Waals surface area contributed by atoms with E-state index in [1.54, 1.807) is 32.2 Å². The maximum Gasteiger partial charge on any atom is 0.222 e. The van der Waals surface area contributed by atoms with E-state index in [-0.39, 0.29) is 11.7 Å². The number of methoxy groups -OCH3 is 1. The number of amides is 1. The van der Waals surface area contributed by atoms with Crippen LogP contribution >= 0.6 is 0 Å². The fourth-order valence-electron chi connectivity index (χ4n) is 3.15. The molecule has 0 heterocycles. The number of ether oxygens (including phenoxy) is 1. The van der Waals surface area contributed by atoms with E-state index in [2.05, 4.69) is 0 Å². The summed E-state index contributed by atoms with van der Waals surface area (Å²) in [5.41, 5.74) is 4.86. The SMILES string of the molecule is COc1cc(CCC(=O)N(C)C)ccc1-c1ccc(-c2ccccc2O)cc1. The minimum absolute atomic E-state index is 0.114. The highest BCUT2D eigenvalue weighted by Gasteiger charge is 2.10. The second-order valence-electron chi connectivity index (χ2n) is 6.92. The number of para-hydroxylation sites is 1. The van der Waals surface area contributed by atoms with Crippen molar-refractivity contribution in [2.24, 2.45) is 0 Å². The Balaban J connectivity index is 1.83. The van der Waals surface area contributed by atoms with E-state index in [1.165, 1.54) is 0 Å². The first-order valence-corrected chi connectivity index (χ1v) is 9.25. The first kappa shape index (κ1) is 19.5. The van der Waals surface area contributed by atoms with Crippen molar-refractivity contribution in [3.05, 3.63) is 72.3 Å². The topological polar surface area (TPSA) is 49.8 Å². The van der Waals surface area contributed by atoms with Crippen LogP contribution in [0, 0.1) is 0 Å². The lowest BCUT2D eigenvalue weighted by Crippen LogP contribution is -2.21. The number of benzene rings is 3. The van der Waals surface area contributed by atoms with E-state index in [1.807, 2.05) is 60.7 Å². The molecule has 0 saturated carbocycles. The van der Waals surface area contributed by atoms with Gasteiger partial charge < -0.3 is 14.7 Å². The summed E-state index contributed by atoms with van der Waals surface area (Å²) >= 11 is 0. The van der Waals surface area contributed by atoms with Crippen molar-refractivity contribution >= 4 is 5.91 Å². The number of hydrogen-bond donors (Lipinski definition) is 1. The molecule has 0 aliphatic rings. The highest BCUT2D eigenvalue weighted by Crippen LogP contribution is 2.34. The van der Waals surface area contributed by atoms with Gasteiger partial charge in [-0.05, 0) is 35.2 Å². The van der Waals surface area contributed by atoms with Crippen molar-refractivity contribution in [1.82, 2.24) is 4.90 Å². The first-order valence-electron chi connectivity index (χ1n) is 9.25. The van der Waals surface area contributed by atoms with Gasteiger partial charge in [-0.3, -0.25) is 4.79 Å². The van der Waals surface area contributed by atoms with E-state index in [0.29, 0.717) is 12.8 Å². The van der Waals surface area contributed by atoms with Gasteiger partial charge in [-0.2, -0.15) is 0 Å². The van der Waals surface area contributed by atoms with E-state index in [9.17, 15) is 9.90 Å². The number of hydrogen-bond acceptors (Lipinski definition) is 3. The summed E-state index contributed by atoms with van der Waals surface area (Å²) in [6.07, 6.45) is 1.16. The highest BCUT2D eigenvalue weighted by molar-refractivity contribution is 5.77. The van der Waals surface area contributed by atoms with Crippen LogP contribution in [0.4, 0.5) is 0 Å². The molecule has 0 aromatic heterocycles. The summed E-state index contributed by atoms with van der Waals surface area (Å²) in [5, 5.41) is 10.0. The Kier molecular flexibility index (Phi) is 5.99. The molecule has 0 fully saturated rings. The van der Waals surface area contributed by atoms with Crippen LogP contribution in [0.2, 0.25) is 0 Å². The van der Waals surface area contributed by atoms with Gasteiger partial charge >= 0.3 is 0 Å². The van der Waals surface area contributed by atoms with Crippen LogP contribution in [0.15, 0.2) is 66.7 Å². The predicted molar refractivity (Wildman–Crippen MR) is 113 cm³/mol. The highest BCUT2D eigenvalue weighted by atomic mass is 16.5. The Morgan fingerprint density at radius 1 is 0.929 bits per heavy atom. The molecule has 1 amide bonds. The van der Waals surface area contributed by atoms with Crippen LogP contribution in [-0.2, 0) is 11.2 Å². The average molecular weight is 375 g/mol. The van der Waals surface area contributed by atoms with E-state index >= 15 is 0 Å². The Hall–Kier alpha value is -3.27. The maximum absolute atomic E-state index is 11.8. The van der Waals surface area contributed by atoms with Crippen molar-refractivity contribution < 1.29 is 14.6 Å². The molecule has 28 heavy (non-hydrogen) atoms. The zero-order valence-electron chi connectivity index (χ0n) is 16.5. The third kappa shape index (κ3) is 4.34. The molecule has 144 valence electrons. The quantitative estimate of drug-likeness (QED) is 0.676. The summed E-state index contributed by atoms with van der Waals surface area (Å²) < 4.78 is 5.59. The zero-order chi connectivity index (χ0) is 20.1. The zero-order valence-corrected chi connectivity index (χ0v) is 16.5. The molecule has 3 aromatic carbocycles. The summed E-state index contributed by atoms with van der Waals surface area (Å²) in [7, 11) is 5.19. The van der Waals surface area contributed by atoms with Crippen LogP contribution in [0.1, 0.15) is 12.0 Å². The standard InChI is InChI=1S/C24H25NO3/c1-25(2)24(27)15-9-17-8-14-21(23(16-17)28-3)19-12-10-18(11-13-19)20-6-4-5-7-22(20)26/h4-8,10-14,16,26H,9,15H2,1-3H3. The van der Waals surface area contributed by atoms with Crippen LogP contribution in [0.3, 0.4) is 0 Å². The van der Waals surface area contributed by atoms with Crippen molar-refractivity contribution in [2.45, 2.75) is 12.8 Å². The third-order valence-electron chi connectivity index (χ3n) is 4.80. The van der Waals surface area contributed by atoms with Gasteiger partial charge in [-0.25, -0.2) is 0 Å². The molecule has 0 aliphatic carbocycles. The molecule has 4 nitrogen and oxygen atoms in total. The molecule has 0 bridgehead atoms. The van der Waals surface area contributed by atoms with Crippen molar-refractivity contribution in [3.63, 3.8) is 0 Å². The number of carbonyl (C=O) groups excluding carboxylic acids is 1. The van der Waals surface area contributed by atoms with Crippen LogP contribution in [0.25, 0.3) is 22.3 Å². The Morgan fingerprint density at radius 2 is 1.57 bits per heavy atom. The maximum atomic E-state index is 11.8. The summed E-state index contributed by atoms with van der Waals surface area (Å²) in [6, 6.07) is 21.4. The fraction of sp³-hybridized carbons (Fsp3) is 0.208. The largest absolute Gasteiger partial charge is 0.507 e. The molecule has 0 unspecified atom stereocenters. The molecule has 0 saturated heterocycles. The lowest BCUT2D eigenvalue weighted by molar-refractivity contribution is -0.128. The lowest BCUT2D eigenvalue weighted by atomic mass is 9.97. The smallest absolute Gasteiger partial charge is 0.222 e. The predicted octanol–water partition coefficient (Wildman–Crippen LogP) is 4.76. The van der Waals surface area contributed by atoms with Gasteiger partial charge in [-0.15, -0.1) is 0 Å². The first-order chi connectivity index (χ1) is 13.5. The number of rotatable bonds is 6. The van der Waals surface area contributed by atoms with Gasteiger partial charge in [0.05, 0.1) is 7.11 Å². The summed E-state index contributed by atoms with van der Waals surface area (Å²) in [5.74, 6) is 1.16. The van der Waals surface area contributed by atoms with Gasteiger partial charge in [0, 0.05) is 31.6 Å². The average Bonchev–Trinajstić information content (AvgIpc) is 2.72. The van der Waals surface area contributed by atoms with Crippen LogP contribution in [-0.4, -0.2) is 37.1 Å². The Morgan fingerprint density at radius 3 is 2.18 bits per heavy atom. The Bertz CT molecular complexity index is 962. The number of carbonyl (C=O) groups is 1. The minimum Gasteiger partial charge on any atom is -0.507 e. The van der Waals surface area contributed by atoms with Gasteiger partial charge in [-0.1, -0.05) is 54.6 Å². The summed E-state index contributed by atoms with van der Waals surface area (Å²) in [4.78, 5) is 13.4. The lowest BCUT2D eigenvalue weighted by Gasteiger charge is -2.13. The fourth-order valence-corrected chi connectivity index (χ4v) is 3.15.